The van der Waals surface area contributed by atoms with Crippen LogP contribution in [0.5, 0.6) is 0 Å². The average Bonchev–Trinajstić information content (AvgIpc) is 3.16. The zero-order valence-corrected chi connectivity index (χ0v) is 11.3. The van der Waals surface area contributed by atoms with Gasteiger partial charge >= 0.3 is 0 Å². The third-order valence-corrected chi connectivity index (χ3v) is 3.17. The minimum Gasteiger partial charge on any atom is -0.467 e. The van der Waals surface area contributed by atoms with Crippen LogP contribution >= 0.6 is 0 Å². The predicted octanol–water partition coefficient (Wildman–Crippen LogP) is 1.50. The summed E-state index contributed by atoms with van der Waals surface area (Å²) in [6.07, 6.45) is 5.03. The number of hydrogen-bond donors (Lipinski definition) is 2. The molecule has 0 saturated heterocycles. The largest absolute Gasteiger partial charge is 0.467 e. The van der Waals surface area contributed by atoms with Gasteiger partial charge < -0.3 is 15.1 Å². The van der Waals surface area contributed by atoms with E-state index in [9.17, 15) is 9.59 Å². The normalized spacial score (nSPS) is 13.7. The van der Waals surface area contributed by atoms with Gasteiger partial charge in [0.25, 0.3) is 11.8 Å². The average molecular weight is 285 g/mol. The Hall–Kier alpha value is -2.63. The number of nitrogens with one attached hydrogen (secondary N) is 2. The van der Waals surface area contributed by atoms with Crippen LogP contribution in [0.25, 0.3) is 0 Å². The van der Waals surface area contributed by atoms with Crippen molar-refractivity contribution >= 4 is 11.8 Å². The minimum absolute atomic E-state index is 0.238. The van der Waals surface area contributed by atoms with Gasteiger partial charge in [0, 0.05) is 17.8 Å². The van der Waals surface area contributed by atoms with Crippen LogP contribution < -0.4 is 10.6 Å². The van der Waals surface area contributed by atoms with Gasteiger partial charge in [0.1, 0.15) is 11.5 Å². The van der Waals surface area contributed by atoms with Crippen molar-refractivity contribution in [2.75, 3.05) is 0 Å². The van der Waals surface area contributed by atoms with Crippen molar-refractivity contribution in [2.45, 2.75) is 25.4 Å². The summed E-state index contributed by atoms with van der Waals surface area (Å²) < 4.78 is 5.14. The minimum atomic E-state index is -0.269. The Morgan fingerprint density at radius 3 is 2.86 bits per heavy atom. The maximum Gasteiger partial charge on any atom is 0.270 e. The predicted molar refractivity (Wildman–Crippen MR) is 74.6 cm³/mol. The SMILES string of the molecule is O=C(NCc1ccco1)c1ccnc(C(=O)NC2CC2)c1. The van der Waals surface area contributed by atoms with Crippen molar-refractivity contribution in [3.8, 4) is 0 Å². The molecule has 0 aliphatic heterocycles. The summed E-state index contributed by atoms with van der Waals surface area (Å²) >= 11 is 0. The standard InChI is InChI=1S/C15H15N3O3/c19-14(17-9-12-2-1-7-21-12)10-5-6-16-13(8-10)15(20)18-11-3-4-11/h1-2,5-8,11H,3-4,9H2,(H,17,19)(H,18,20). The van der Waals surface area contributed by atoms with Crippen LogP contribution in [-0.2, 0) is 6.54 Å². The lowest BCUT2D eigenvalue weighted by molar-refractivity contribution is 0.0946. The summed E-state index contributed by atoms with van der Waals surface area (Å²) in [5, 5.41) is 5.57. The lowest BCUT2D eigenvalue weighted by Gasteiger charge is -2.06. The molecular formula is C15H15N3O3. The van der Waals surface area contributed by atoms with Crippen LogP contribution in [0.3, 0.4) is 0 Å². The molecule has 0 spiro atoms. The molecule has 2 aromatic rings. The highest BCUT2D eigenvalue weighted by Gasteiger charge is 2.24. The van der Waals surface area contributed by atoms with Gasteiger partial charge in [0.2, 0.25) is 0 Å². The molecule has 6 heteroatoms. The Bertz CT molecular complexity index is 648. The molecule has 108 valence electrons. The molecule has 0 unspecified atom stereocenters. The summed E-state index contributed by atoms with van der Waals surface area (Å²) in [4.78, 5) is 27.9. The monoisotopic (exact) mass is 285 g/mol. The van der Waals surface area contributed by atoms with Crippen LogP contribution in [0, 0.1) is 0 Å². The Labute approximate surface area is 121 Å². The van der Waals surface area contributed by atoms with Gasteiger partial charge in [-0.25, -0.2) is 0 Å². The second-order valence-electron chi connectivity index (χ2n) is 4.94. The number of amides is 2. The molecule has 21 heavy (non-hydrogen) atoms. The second-order valence-corrected chi connectivity index (χ2v) is 4.94. The number of furan rings is 1. The molecule has 6 nitrogen and oxygen atoms in total. The Morgan fingerprint density at radius 1 is 1.29 bits per heavy atom. The second kappa shape index (κ2) is 5.78. The van der Waals surface area contributed by atoms with Gasteiger partial charge in [-0.05, 0) is 37.1 Å². The molecule has 1 fully saturated rings. The zero-order valence-electron chi connectivity index (χ0n) is 11.3. The van der Waals surface area contributed by atoms with Crippen molar-refractivity contribution in [1.82, 2.24) is 15.6 Å². The van der Waals surface area contributed by atoms with Crippen molar-refractivity contribution in [3.05, 3.63) is 53.7 Å². The zero-order chi connectivity index (χ0) is 14.7. The number of pyridine rings is 1. The molecule has 2 aromatic heterocycles. The van der Waals surface area contributed by atoms with E-state index in [-0.39, 0.29) is 23.6 Å². The van der Waals surface area contributed by atoms with E-state index >= 15 is 0 Å². The molecule has 2 heterocycles. The number of carbonyl (C=O) groups is 2. The van der Waals surface area contributed by atoms with Crippen molar-refractivity contribution < 1.29 is 14.0 Å². The van der Waals surface area contributed by atoms with Crippen molar-refractivity contribution in [3.63, 3.8) is 0 Å². The molecule has 2 N–H and O–H groups in total. The maximum absolute atomic E-state index is 12.0. The maximum atomic E-state index is 12.0. The van der Waals surface area contributed by atoms with Crippen LogP contribution in [0.2, 0.25) is 0 Å². The summed E-state index contributed by atoms with van der Waals surface area (Å²) in [5.74, 6) is 0.163. The summed E-state index contributed by atoms with van der Waals surface area (Å²) in [6.45, 7) is 0.303. The molecule has 0 radical (unpaired) electrons. The number of hydrogen-bond acceptors (Lipinski definition) is 4. The molecule has 0 atom stereocenters. The Balaban J connectivity index is 1.63. The van der Waals surface area contributed by atoms with E-state index in [1.165, 1.54) is 12.3 Å². The van der Waals surface area contributed by atoms with E-state index in [1.807, 2.05) is 0 Å². The third kappa shape index (κ3) is 3.47. The quantitative estimate of drug-likeness (QED) is 0.872. The van der Waals surface area contributed by atoms with Crippen molar-refractivity contribution in [1.29, 1.82) is 0 Å². The van der Waals surface area contributed by atoms with E-state index in [2.05, 4.69) is 15.6 Å². The molecule has 1 aliphatic carbocycles. The van der Waals surface area contributed by atoms with Gasteiger partial charge in [-0.15, -0.1) is 0 Å². The van der Waals surface area contributed by atoms with E-state index in [0.29, 0.717) is 17.9 Å². The van der Waals surface area contributed by atoms with Gasteiger partial charge in [0.05, 0.1) is 12.8 Å². The molecule has 0 aromatic carbocycles. The number of nitrogens with zero attached hydrogens (tertiary/aromatic N) is 1. The summed E-state index contributed by atoms with van der Waals surface area (Å²) in [5.41, 5.74) is 0.657. The highest BCUT2D eigenvalue weighted by molar-refractivity contribution is 5.98. The lowest BCUT2D eigenvalue weighted by Crippen LogP contribution is -2.27. The Kier molecular flexibility index (Phi) is 3.68. The van der Waals surface area contributed by atoms with E-state index in [0.717, 1.165) is 12.8 Å². The van der Waals surface area contributed by atoms with Crippen LogP contribution in [0.1, 0.15) is 39.4 Å². The first-order chi connectivity index (χ1) is 10.2. The van der Waals surface area contributed by atoms with Gasteiger partial charge in [-0.1, -0.05) is 0 Å². The molecule has 2 amide bonds. The lowest BCUT2D eigenvalue weighted by atomic mass is 10.2. The first kappa shape index (κ1) is 13.4. The van der Waals surface area contributed by atoms with Crippen LogP contribution in [0.15, 0.2) is 41.1 Å². The van der Waals surface area contributed by atoms with E-state index < -0.39 is 0 Å². The van der Waals surface area contributed by atoms with E-state index in [4.69, 9.17) is 4.42 Å². The first-order valence-corrected chi connectivity index (χ1v) is 6.80. The van der Waals surface area contributed by atoms with Gasteiger partial charge in [-0.2, -0.15) is 0 Å². The fourth-order valence-corrected chi connectivity index (χ4v) is 1.87. The highest BCUT2D eigenvalue weighted by Crippen LogP contribution is 2.19. The van der Waals surface area contributed by atoms with Crippen LogP contribution in [0.4, 0.5) is 0 Å². The first-order valence-electron chi connectivity index (χ1n) is 6.80. The molecular weight excluding hydrogens is 270 g/mol. The van der Waals surface area contributed by atoms with Crippen LogP contribution in [-0.4, -0.2) is 22.8 Å². The van der Waals surface area contributed by atoms with E-state index in [1.54, 1.807) is 24.5 Å². The summed E-state index contributed by atoms with van der Waals surface area (Å²) in [7, 11) is 0. The topological polar surface area (TPSA) is 84.2 Å². The number of aromatic nitrogens is 1. The fraction of sp³-hybridized carbons (Fsp3) is 0.267. The van der Waals surface area contributed by atoms with Gasteiger partial charge in [-0.3, -0.25) is 14.6 Å². The molecule has 1 saturated carbocycles. The smallest absolute Gasteiger partial charge is 0.270 e. The molecule has 1 aliphatic rings. The number of carbonyl (C=O) groups excluding carboxylic acids is 2. The third-order valence-electron chi connectivity index (χ3n) is 3.17. The molecule has 0 bridgehead atoms. The van der Waals surface area contributed by atoms with Gasteiger partial charge in [0.15, 0.2) is 0 Å². The molecule has 3 rings (SSSR count). The van der Waals surface area contributed by atoms with Crippen molar-refractivity contribution in [2.24, 2.45) is 0 Å². The fourth-order valence-electron chi connectivity index (χ4n) is 1.87. The summed E-state index contributed by atoms with van der Waals surface area (Å²) in [6, 6.07) is 6.87. The Morgan fingerprint density at radius 2 is 2.14 bits per heavy atom. The highest BCUT2D eigenvalue weighted by atomic mass is 16.3. The number of rotatable bonds is 5.